The van der Waals surface area contributed by atoms with Gasteiger partial charge in [0.2, 0.25) is 0 Å². The van der Waals surface area contributed by atoms with Crippen molar-refractivity contribution in [3.63, 3.8) is 0 Å². The third-order valence-electron chi connectivity index (χ3n) is 4.89. The smallest absolute Gasteiger partial charge is 0.343 e. The van der Waals surface area contributed by atoms with E-state index in [-0.39, 0.29) is 29.6 Å². The number of anilines is 1. The summed E-state index contributed by atoms with van der Waals surface area (Å²) in [5.74, 6) is -2.13. The molecule has 0 aromatic heterocycles. The van der Waals surface area contributed by atoms with Gasteiger partial charge in [0.25, 0.3) is 11.8 Å². The number of amides is 2. The van der Waals surface area contributed by atoms with Crippen LogP contribution in [-0.4, -0.2) is 43.2 Å². The van der Waals surface area contributed by atoms with E-state index >= 15 is 0 Å². The highest BCUT2D eigenvalue weighted by Crippen LogP contribution is 2.35. The number of thiocarbonyl (C=S) groups is 1. The third-order valence-corrected chi connectivity index (χ3v) is 5.17. The number of carbonyl (C=O) groups is 3. The van der Waals surface area contributed by atoms with Gasteiger partial charge in [0.1, 0.15) is 11.4 Å². The second-order valence-electron chi connectivity index (χ2n) is 7.21. The van der Waals surface area contributed by atoms with Gasteiger partial charge in [0.05, 0.1) is 19.4 Å². The van der Waals surface area contributed by atoms with Crippen molar-refractivity contribution in [1.29, 1.82) is 0 Å². The Balaban J connectivity index is 2.07. The maximum Gasteiger partial charge on any atom is 0.343 e. The average molecular weight is 499 g/mol. The van der Waals surface area contributed by atoms with Gasteiger partial charge in [-0.05, 0) is 61.5 Å². The maximum absolute atomic E-state index is 14.4. The summed E-state index contributed by atoms with van der Waals surface area (Å²) in [5, 5.41) is 2.20. The minimum atomic E-state index is -0.780. The SMILES string of the molecule is C=CCc1cc(/C=C2\C(=O)NC(=S)N(c3ccccc3F)C2=O)cc(OCC)c1OCC(=O)OC. The molecule has 0 spiro atoms. The topological polar surface area (TPSA) is 94.2 Å². The number of carbonyl (C=O) groups excluding carboxylic acids is 3. The summed E-state index contributed by atoms with van der Waals surface area (Å²) in [6.07, 6.45) is 3.33. The van der Waals surface area contributed by atoms with Gasteiger partial charge in [-0.3, -0.25) is 14.9 Å². The number of nitrogens with zero attached hydrogens (tertiary/aromatic N) is 1. The van der Waals surface area contributed by atoms with Crippen LogP contribution >= 0.6 is 12.2 Å². The van der Waals surface area contributed by atoms with E-state index < -0.39 is 23.6 Å². The number of para-hydroxylation sites is 1. The average Bonchev–Trinajstić information content (AvgIpc) is 2.82. The summed E-state index contributed by atoms with van der Waals surface area (Å²) in [5.41, 5.74) is 0.710. The van der Waals surface area contributed by atoms with Crippen LogP contribution in [0.4, 0.5) is 10.1 Å². The van der Waals surface area contributed by atoms with E-state index in [9.17, 15) is 18.8 Å². The highest BCUT2D eigenvalue weighted by Gasteiger charge is 2.35. The van der Waals surface area contributed by atoms with E-state index in [0.717, 1.165) is 4.90 Å². The Morgan fingerprint density at radius 2 is 1.97 bits per heavy atom. The summed E-state index contributed by atoms with van der Waals surface area (Å²) < 4.78 is 30.3. The molecule has 1 N–H and O–H groups in total. The quantitative estimate of drug-likeness (QED) is 0.186. The van der Waals surface area contributed by atoms with Crippen LogP contribution in [0.2, 0.25) is 0 Å². The summed E-state index contributed by atoms with van der Waals surface area (Å²) >= 11 is 5.12. The largest absolute Gasteiger partial charge is 0.490 e. The lowest BCUT2D eigenvalue weighted by Crippen LogP contribution is -2.54. The predicted octanol–water partition coefficient (Wildman–Crippen LogP) is 3.34. The van der Waals surface area contributed by atoms with Crippen molar-refractivity contribution in [1.82, 2.24) is 5.32 Å². The molecule has 1 aliphatic heterocycles. The first-order valence-electron chi connectivity index (χ1n) is 10.6. The Labute approximate surface area is 207 Å². The molecule has 0 unspecified atom stereocenters. The third kappa shape index (κ3) is 5.72. The minimum absolute atomic E-state index is 0.0812. The lowest BCUT2D eigenvalue weighted by Gasteiger charge is -2.29. The highest BCUT2D eigenvalue weighted by molar-refractivity contribution is 7.80. The summed E-state index contributed by atoms with van der Waals surface area (Å²) in [6, 6.07) is 8.84. The van der Waals surface area contributed by atoms with Crippen molar-refractivity contribution in [3.8, 4) is 11.5 Å². The molecular weight excluding hydrogens is 475 g/mol. The molecule has 0 bridgehead atoms. The fraction of sp³-hybridized carbons (Fsp3) is 0.200. The van der Waals surface area contributed by atoms with Crippen molar-refractivity contribution >= 4 is 46.9 Å². The number of hydrogen-bond acceptors (Lipinski definition) is 7. The number of hydrogen-bond donors (Lipinski definition) is 1. The second-order valence-corrected chi connectivity index (χ2v) is 7.59. The monoisotopic (exact) mass is 498 g/mol. The fourth-order valence-corrected chi connectivity index (χ4v) is 3.64. The van der Waals surface area contributed by atoms with Crippen molar-refractivity contribution in [3.05, 3.63) is 71.6 Å². The summed E-state index contributed by atoms with van der Waals surface area (Å²) in [6.45, 7) is 5.46. The summed E-state index contributed by atoms with van der Waals surface area (Å²) in [4.78, 5) is 38.4. The van der Waals surface area contributed by atoms with Crippen LogP contribution in [0.1, 0.15) is 18.1 Å². The molecule has 1 saturated heterocycles. The Bertz CT molecular complexity index is 1230. The number of halogens is 1. The van der Waals surface area contributed by atoms with Crippen molar-refractivity contribution in [2.45, 2.75) is 13.3 Å². The van der Waals surface area contributed by atoms with Gasteiger partial charge in [-0.2, -0.15) is 0 Å². The predicted molar refractivity (Wildman–Crippen MR) is 132 cm³/mol. The first-order valence-corrected chi connectivity index (χ1v) is 11.0. The zero-order chi connectivity index (χ0) is 25.5. The number of rotatable bonds is 9. The molecule has 0 aliphatic carbocycles. The lowest BCUT2D eigenvalue weighted by molar-refractivity contribution is -0.143. The van der Waals surface area contributed by atoms with Gasteiger partial charge in [-0.15, -0.1) is 6.58 Å². The molecule has 2 aromatic rings. The van der Waals surface area contributed by atoms with Crippen molar-refractivity contribution in [2.24, 2.45) is 0 Å². The standard InChI is InChI=1S/C25H23FN2O6S/c1-4-8-16-11-15(13-20(33-5-2)22(16)34-14-21(29)32-3)12-17-23(30)27-25(35)28(24(17)31)19-10-7-6-9-18(19)26/h4,6-7,9-13H,1,5,8,14H2,2-3H3,(H,27,30,35)/b17-12+. The Morgan fingerprint density at radius 3 is 2.63 bits per heavy atom. The second kappa shape index (κ2) is 11.4. The molecule has 2 aromatic carbocycles. The summed E-state index contributed by atoms with van der Waals surface area (Å²) in [7, 11) is 1.25. The van der Waals surface area contributed by atoms with Gasteiger partial charge in [-0.25, -0.2) is 14.1 Å². The highest BCUT2D eigenvalue weighted by atomic mass is 32.1. The molecule has 35 heavy (non-hydrogen) atoms. The van der Waals surface area contributed by atoms with Gasteiger partial charge in [-0.1, -0.05) is 18.2 Å². The number of esters is 1. The van der Waals surface area contributed by atoms with E-state index in [1.807, 2.05) is 0 Å². The molecule has 8 nitrogen and oxygen atoms in total. The van der Waals surface area contributed by atoms with E-state index in [4.69, 9.17) is 21.7 Å². The van der Waals surface area contributed by atoms with E-state index in [2.05, 4.69) is 16.6 Å². The van der Waals surface area contributed by atoms with Gasteiger partial charge in [0.15, 0.2) is 23.2 Å². The maximum atomic E-state index is 14.4. The normalized spacial score (nSPS) is 14.5. The fourth-order valence-electron chi connectivity index (χ4n) is 3.37. The molecule has 0 atom stereocenters. The van der Waals surface area contributed by atoms with Gasteiger partial charge in [0, 0.05) is 5.56 Å². The number of ether oxygens (including phenoxy) is 3. The zero-order valence-electron chi connectivity index (χ0n) is 19.1. The molecule has 10 heteroatoms. The molecule has 1 aliphatic rings. The number of methoxy groups -OCH3 is 1. The molecule has 0 radical (unpaired) electrons. The lowest BCUT2D eigenvalue weighted by atomic mass is 10.0. The van der Waals surface area contributed by atoms with Crippen LogP contribution in [-0.2, 0) is 25.5 Å². The zero-order valence-corrected chi connectivity index (χ0v) is 19.9. The van der Waals surface area contributed by atoms with E-state index in [0.29, 0.717) is 29.0 Å². The first kappa shape index (κ1) is 25.6. The van der Waals surface area contributed by atoms with Crippen LogP contribution < -0.4 is 19.7 Å². The van der Waals surface area contributed by atoms with Crippen LogP contribution in [0.15, 0.2) is 54.6 Å². The van der Waals surface area contributed by atoms with Gasteiger partial charge < -0.3 is 14.2 Å². The first-order chi connectivity index (χ1) is 16.8. The van der Waals surface area contributed by atoms with Gasteiger partial charge >= 0.3 is 5.97 Å². The Kier molecular flexibility index (Phi) is 8.32. The van der Waals surface area contributed by atoms with Crippen LogP contribution in [0.25, 0.3) is 6.08 Å². The van der Waals surface area contributed by atoms with Crippen LogP contribution in [0, 0.1) is 5.82 Å². The molecule has 1 fully saturated rings. The van der Waals surface area contributed by atoms with Crippen molar-refractivity contribution in [2.75, 3.05) is 25.2 Å². The molecule has 0 saturated carbocycles. The van der Waals surface area contributed by atoms with Crippen molar-refractivity contribution < 1.29 is 33.0 Å². The number of benzene rings is 2. The Morgan fingerprint density at radius 1 is 1.23 bits per heavy atom. The van der Waals surface area contributed by atoms with E-state index in [1.54, 1.807) is 31.2 Å². The molecule has 182 valence electrons. The Hall–Kier alpha value is -4.05. The molecule has 1 heterocycles. The number of allylic oxidation sites excluding steroid dienone is 1. The molecular formula is C25H23FN2O6S. The molecule has 3 rings (SSSR count). The van der Waals surface area contributed by atoms with Crippen LogP contribution in [0.5, 0.6) is 11.5 Å². The van der Waals surface area contributed by atoms with Crippen LogP contribution in [0.3, 0.4) is 0 Å². The number of nitrogens with one attached hydrogen (secondary N) is 1. The molecule has 2 amide bonds. The minimum Gasteiger partial charge on any atom is -0.490 e. The van der Waals surface area contributed by atoms with E-state index in [1.165, 1.54) is 31.4 Å².